The highest BCUT2D eigenvalue weighted by molar-refractivity contribution is 7.11. The van der Waals surface area contributed by atoms with E-state index in [1.165, 1.54) is 22.2 Å². The molecule has 2 rings (SSSR count). The molecule has 2 aromatic rings. The first kappa shape index (κ1) is 16.1. The lowest BCUT2D eigenvalue weighted by Gasteiger charge is -2.23. The molecule has 2 aromatic heterocycles. The minimum Gasteiger partial charge on any atom is -0.476 e. The Balaban J connectivity index is 2.05. The average Bonchev–Trinajstić information content (AvgIpc) is 2.97. The van der Waals surface area contributed by atoms with Gasteiger partial charge >= 0.3 is 5.97 Å². The molecule has 0 saturated carbocycles. The number of aromatic carboxylic acids is 1. The van der Waals surface area contributed by atoms with E-state index < -0.39 is 11.5 Å². The lowest BCUT2D eigenvalue weighted by atomic mass is 10.1. The number of carboxylic acids is 1. The third-order valence-electron chi connectivity index (χ3n) is 3.08. The molecular weight excluding hydrogens is 306 g/mol. The Morgan fingerprint density at radius 3 is 2.59 bits per heavy atom. The number of aryl methyl sites for hydroxylation is 2. The summed E-state index contributed by atoms with van der Waals surface area (Å²) in [4.78, 5) is 28.4. The van der Waals surface area contributed by atoms with E-state index in [-0.39, 0.29) is 18.1 Å². The summed E-state index contributed by atoms with van der Waals surface area (Å²) in [6, 6.07) is 0. The maximum Gasteiger partial charge on any atom is 0.358 e. The number of carbonyl (C=O) groups is 2. The van der Waals surface area contributed by atoms with E-state index in [9.17, 15) is 9.59 Å². The molecule has 2 N–H and O–H groups in total. The fourth-order valence-electron chi connectivity index (χ4n) is 1.80. The van der Waals surface area contributed by atoms with Gasteiger partial charge in [-0.2, -0.15) is 0 Å². The van der Waals surface area contributed by atoms with Crippen LogP contribution in [0.5, 0.6) is 0 Å². The normalized spacial score (nSPS) is 11.5. The number of rotatable bonds is 5. The Morgan fingerprint density at radius 2 is 2.09 bits per heavy atom. The van der Waals surface area contributed by atoms with Crippen molar-refractivity contribution in [2.75, 3.05) is 0 Å². The molecule has 0 atom stereocenters. The first-order valence-electron chi connectivity index (χ1n) is 6.58. The quantitative estimate of drug-likeness (QED) is 0.852. The summed E-state index contributed by atoms with van der Waals surface area (Å²) >= 11 is 1.54. The van der Waals surface area contributed by atoms with E-state index in [1.807, 2.05) is 27.7 Å². The number of amides is 1. The van der Waals surface area contributed by atoms with Gasteiger partial charge in [-0.25, -0.2) is 14.5 Å². The van der Waals surface area contributed by atoms with Crippen LogP contribution >= 0.6 is 11.3 Å². The number of aromatic nitrogens is 4. The lowest BCUT2D eigenvalue weighted by molar-refractivity contribution is -0.123. The second-order valence-electron chi connectivity index (χ2n) is 5.44. The van der Waals surface area contributed by atoms with Crippen LogP contribution in [-0.2, 0) is 16.9 Å². The summed E-state index contributed by atoms with van der Waals surface area (Å²) in [5, 5.41) is 19.5. The van der Waals surface area contributed by atoms with E-state index in [4.69, 9.17) is 5.11 Å². The number of nitrogens with zero attached hydrogens (tertiary/aromatic N) is 4. The topological polar surface area (TPSA) is 110 Å². The van der Waals surface area contributed by atoms with Gasteiger partial charge in [-0.1, -0.05) is 5.21 Å². The molecule has 0 aliphatic heterocycles. The Labute approximate surface area is 131 Å². The van der Waals surface area contributed by atoms with Crippen molar-refractivity contribution in [2.24, 2.45) is 0 Å². The zero-order valence-electron chi connectivity index (χ0n) is 12.7. The van der Waals surface area contributed by atoms with Crippen LogP contribution in [0.15, 0.2) is 6.20 Å². The lowest BCUT2D eigenvalue weighted by Crippen LogP contribution is -2.42. The number of hydrogen-bond donors (Lipinski definition) is 2. The van der Waals surface area contributed by atoms with Crippen molar-refractivity contribution < 1.29 is 14.7 Å². The predicted octanol–water partition coefficient (Wildman–Crippen LogP) is 1.10. The summed E-state index contributed by atoms with van der Waals surface area (Å²) in [5.41, 5.74) is 0.139. The molecule has 9 heteroatoms. The van der Waals surface area contributed by atoms with Crippen LogP contribution in [-0.4, -0.2) is 37.0 Å². The van der Waals surface area contributed by atoms with Gasteiger partial charge in [0, 0.05) is 4.88 Å². The third kappa shape index (κ3) is 3.48. The minimum atomic E-state index is -1.18. The molecule has 0 aromatic carbocycles. The van der Waals surface area contributed by atoms with Crippen LogP contribution in [0, 0.1) is 13.8 Å². The van der Waals surface area contributed by atoms with Crippen LogP contribution < -0.4 is 5.32 Å². The van der Waals surface area contributed by atoms with Crippen molar-refractivity contribution in [3.63, 3.8) is 0 Å². The standard InChI is InChI=1S/C13H17N5O3S/c1-7-8(2)22-12(14-7)13(3,4)15-10(19)6-18-5-9(11(20)21)16-17-18/h5H,6H2,1-4H3,(H,15,19)(H,20,21). The van der Waals surface area contributed by atoms with Crippen molar-refractivity contribution in [3.8, 4) is 0 Å². The van der Waals surface area contributed by atoms with Crippen molar-refractivity contribution in [1.82, 2.24) is 25.3 Å². The molecule has 8 nitrogen and oxygen atoms in total. The average molecular weight is 323 g/mol. The van der Waals surface area contributed by atoms with Crippen LogP contribution in [0.2, 0.25) is 0 Å². The van der Waals surface area contributed by atoms with Crippen molar-refractivity contribution >= 4 is 23.2 Å². The summed E-state index contributed by atoms with van der Waals surface area (Å²) in [7, 11) is 0. The Hall–Kier alpha value is -2.29. The molecule has 0 radical (unpaired) electrons. The molecule has 0 aliphatic rings. The number of thiazole rings is 1. The number of nitrogens with one attached hydrogen (secondary N) is 1. The van der Waals surface area contributed by atoms with Crippen molar-refractivity contribution in [3.05, 3.63) is 27.5 Å². The molecule has 2 heterocycles. The first-order valence-corrected chi connectivity index (χ1v) is 7.39. The number of hydrogen-bond acceptors (Lipinski definition) is 6. The molecule has 0 bridgehead atoms. The fraction of sp³-hybridized carbons (Fsp3) is 0.462. The smallest absolute Gasteiger partial charge is 0.358 e. The van der Waals surface area contributed by atoms with E-state index in [1.54, 1.807) is 0 Å². The van der Waals surface area contributed by atoms with Gasteiger partial charge in [-0.3, -0.25) is 4.79 Å². The van der Waals surface area contributed by atoms with Gasteiger partial charge in [0.05, 0.1) is 17.4 Å². The molecular formula is C13H17N5O3S. The molecule has 0 fully saturated rings. The molecule has 118 valence electrons. The highest BCUT2D eigenvalue weighted by Gasteiger charge is 2.27. The van der Waals surface area contributed by atoms with E-state index in [0.29, 0.717) is 0 Å². The van der Waals surface area contributed by atoms with Crippen molar-refractivity contribution in [2.45, 2.75) is 39.8 Å². The number of carboxylic acid groups (broad SMARTS) is 1. The highest BCUT2D eigenvalue weighted by atomic mass is 32.1. The van der Waals surface area contributed by atoms with Crippen LogP contribution in [0.3, 0.4) is 0 Å². The first-order chi connectivity index (χ1) is 10.2. The largest absolute Gasteiger partial charge is 0.476 e. The molecule has 0 unspecified atom stereocenters. The van der Waals surface area contributed by atoms with Crippen LogP contribution in [0.4, 0.5) is 0 Å². The van der Waals surface area contributed by atoms with Gasteiger partial charge in [0.25, 0.3) is 0 Å². The summed E-state index contributed by atoms with van der Waals surface area (Å²) in [6.07, 6.45) is 1.21. The molecule has 0 spiro atoms. The van der Waals surface area contributed by atoms with Gasteiger partial charge in [0.2, 0.25) is 5.91 Å². The molecule has 1 amide bonds. The van der Waals surface area contributed by atoms with Crippen molar-refractivity contribution in [1.29, 1.82) is 0 Å². The predicted molar refractivity (Wildman–Crippen MR) is 79.7 cm³/mol. The third-order valence-corrected chi connectivity index (χ3v) is 4.48. The van der Waals surface area contributed by atoms with Crippen LogP contribution in [0.1, 0.15) is 39.9 Å². The highest BCUT2D eigenvalue weighted by Crippen LogP contribution is 2.27. The number of carbonyl (C=O) groups excluding carboxylic acids is 1. The second kappa shape index (κ2) is 5.84. The monoisotopic (exact) mass is 323 g/mol. The summed E-state index contributed by atoms with van der Waals surface area (Å²) in [5.74, 6) is -1.47. The molecule has 22 heavy (non-hydrogen) atoms. The zero-order valence-corrected chi connectivity index (χ0v) is 13.6. The SMILES string of the molecule is Cc1nc(C(C)(C)NC(=O)Cn2cc(C(=O)O)nn2)sc1C. The fourth-order valence-corrected chi connectivity index (χ4v) is 2.77. The zero-order chi connectivity index (χ0) is 16.5. The van der Waals surface area contributed by atoms with Gasteiger partial charge in [0.15, 0.2) is 5.69 Å². The Bertz CT molecular complexity index is 700. The van der Waals surface area contributed by atoms with Gasteiger partial charge in [-0.05, 0) is 27.7 Å². The van der Waals surface area contributed by atoms with Gasteiger partial charge in [-0.15, -0.1) is 16.4 Å². The Morgan fingerprint density at radius 1 is 1.41 bits per heavy atom. The maximum atomic E-state index is 12.1. The molecule has 0 aliphatic carbocycles. The molecule has 0 saturated heterocycles. The van der Waals surface area contributed by atoms with E-state index in [0.717, 1.165) is 15.6 Å². The minimum absolute atomic E-state index is 0.104. The summed E-state index contributed by atoms with van der Waals surface area (Å²) < 4.78 is 1.19. The maximum absolute atomic E-state index is 12.1. The van der Waals surface area contributed by atoms with Gasteiger partial charge in [0.1, 0.15) is 11.6 Å². The van der Waals surface area contributed by atoms with E-state index in [2.05, 4.69) is 20.6 Å². The second-order valence-corrected chi connectivity index (χ2v) is 6.64. The van der Waals surface area contributed by atoms with Gasteiger partial charge < -0.3 is 10.4 Å². The van der Waals surface area contributed by atoms with Crippen LogP contribution in [0.25, 0.3) is 0 Å². The summed E-state index contributed by atoms with van der Waals surface area (Å²) in [6.45, 7) is 7.54. The Kier molecular flexibility index (Phi) is 4.27. The van der Waals surface area contributed by atoms with E-state index >= 15 is 0 Å².